The van der Waals surface area contributed by atoms with Crippen molar-refractivity contribution in [3.05, 3.63) is 48.0 Å². The van der Waals surface area contributed by atoms with Gasteiger partial charge < -0.3 is 10.4 Å². The first kappa shape index (κ1) is 16.0. The van der Waals surface area contributed by atoms with Crippen molar-refractivity contribution in [3.8, 4) is 0 Å². The van der Waals surface area contributed by atoms with Gasteiger partial charge in [0, 0.05) is 12.5 Å². The second-order valence-electron chi connectivity index (χ2n) is 5.60. The number of benzene rings is 2. The summed E-state index contributed by atoms with van der Waals surface area (Å²) < 4.78 is 0. The molecule has 4 heteroatoms. The summed E-state index contributed by atoms with van der Waals surface area (Å²) in [5.41, 5.74) is 1.21. The van der Waals surface area contributed by atoms with E-state index in [0.29, 0.717) is 6.42 Å². The predicted octanol–water partition coefficient (Wildman–Crippen LogP) is 3.14. The first-order valence-corrected chi connectivity index (χ1v) is 7.53. The Bertz CT molecular complexity index is 666. The van der Waals surface area contributed by atoms with Gasteiger partial charge in [0.05, 0.1) is 6.42 Å². The molecule has 2 aromatic carbocycles. The van der Waals surface area contributed by atoms with Crippen LogP contribution in [0.3, 0.4) is 0 Å². The van der Waals surface area contributed by atoms with Crippen molar-refractivity contribution in [2.45, 2.75) is 38.6 Å². The van der Waals surface area contributed by atoms with Crippen LogP contribution in [-0.2, 0) is 16.0 Å². The van der Waals surface area contributed by atoms with Gasteiger partial charge in [-0.3, -0.25) is 9.59 Å². The van der Waals surface area contributed by atoms with E-state index in [9.17, 15) is 9.59 Å². The van der Waals surface area contributed by atoms with Crippen molar-refractivity contribution in [1.29, 1.82) is 0 Å². The lowest BCUT2D eigenvalue weighted by molar-refractivity contribution is -0.137. The average molecular weight is 299 g/mol. The average Bonchev–Trinajstić information content (AvgIpc) is 2.46. The fraction of sp³-hybridized carbons (Fsp3) is 0.333. The molecule has 0 bridgehead atoms. The van der Waals surface area contributed by atoms with E-state index >= 15 is 0 Å². The molecule has 116 valence electrons. The van der Waals surface area contributed by atoms with Crippen molar-refractivity contribution in [2.24, 2.45) is 0 Å². The van der Waals surface area contributed by atoms with Crippen molar-refractivity contribution in [1.82, 2.24) is 5.32 Å². The molecule has 0 spiro atoms. The number of hydrogen-bond acceptors (Lipinski definition) is 2. The molecule has 0 aliphatic carbocycles. The van der Waals surface area contributed by atoms with Crippen LogP contribution >= 0.6 is 0 Å². The molecule has 0 fully saturated rings. The summed E-state index contributed by atoms with van der Waals surface area (Å²) >= 11 is 0. The smallest absolute Gasteiger partial charge is 0.305 e. The molecule has 0 saturated carbocycles. The maximum absolute atomic E-state index is 11.7. The van der Waals surface area contributed by atoms with Crippen LogP contribution in [0.4, 0.5) is 0 Å². The van der Waals surface area contributed by atoms with E-state index in [0.717, 1.165) is 12.8 Å². The maximum Gasteiger partial charge on any atom is 0.305 e. The fourth-order valence-electron chi connectivity index (χ4n) is 2.51. The normalized spacial score (nSPS) is 12.0. The third-order valence-corrected chi connectivity index (χ3v) is 3.57. The Labute approximate surface area is 130 Å². The number of nitrogens with one attached hydrogen (secondary N) is 1. The Kier molecular flexibility index (Phi) is 5.53. The van der Waals surface area contributed by atoms with Gasteiger partial charge in [0.15, 0.2) is 0 Å². The van der Waals surface area contributed by atoms with Gasteiger partial charge in [0.1, 0.15) is 0 Å². The molecule has 0 radical (unpaired) electrons. The van der Waals surface area contributed by atoms with Crippen molar-refractivity contribution in [2.75, 3.05) is 0 Å². The van der Waals surface area contributed by atoms with E-state index in [1.807, 2.05) is 12.1 Å². The Morgan fingerprint density at radius 3 is 2.59 bits per heavy atom. The van der Waals surface area contributed by atoms with Crippen LogP contribution in [0.2, 0.25) is 0 Å². The SMILES string of the molecule is CC(CC(=O)O)NC(=O)CCCc1ccc2ccccc2c1. The minimum Gasteiger partial charge on any atom is -0.481 e. The molecule has 22 heavy (non-hydrogen) atoms. The fourth-order valence-corrected chi connectivity index (χ4v) is 2.51. The van der Waals surface area contributed by atoms with Gasteiger partial charge >= 0.3 is 5.97 Å². The molecule has 2 aromatic rings. The number of carboxylic acid groups (broad SMARTS) is 1. The Hall–Kier alpha value is -2.36. The van der Waals surface area contributed by atoms with Crippen LogP contribution in [-0.4, -0.2) is 23.0 Å². The van der Waals surface area contributed by atoms with Crippen LogP contribution in [0, 0.1) is 0 Å². The van der Waals surface area contributed by atoms with Gasteiger partial charge in [-0.25, -0.2) is 0 Å². The Morgan fingerprint density at radius 1 is 1.14 bits per heavy atom. The molecule has 4 nitrogen and oxygen atoms in total. The summed E-state index contributed by atoms with van der Waals surface area (Å²) in [6.07, 6.45) is 1.96. The lowest BCUT2D eigenvalue weighted by Gasteiger charge is -2.11. The van der Waals surface area contributed by atoms with E-state index in [1.54, 1.807) is 6.92 Å². The second-order valence-corrected chi connectivity index (χ2v) is 5.60. The highest BCUT2D eigenvalue weighted by molar-refractivity contribution is 5.83. The molecular formula is C18H21NO3. The summed E-state index contributed by atoms with van der Waals surface area (Å²) in [5.74, 6) is -0.987. The van der Waals surface area contributed by atoms with E-state index in [4.69, 9.17) is 5.11 Å². The first-order valence-electron chi connectivity index (χ1n) is 7.53. The Balaban J connectivity index is 1.79. The van der Waals surface area contributed by atoms with Crippen molar-refractivity contribution >= 4 is 22.6 Å². The molecule has 0 aliphatic rings. The molecule has 0 aromatic heterocycles. The first-order chi connectivity index (χ1) is 10.5. The number of carbonyl (C=O) groups is 2. The molecular weight excluding hydrogens is 278 g/mol. The summed E-state index contributed by atoms with van der Waals surface area (Å²) in [4.78, 5) is 22.3. The number of rotatable bonds is 7. The minimum absolute atomic E-state index is 0.0452. The third-order valence-electron chi connectivity index (χ3n) is 3.57. The van der Waals surface area contributed by atoms with Crippen LogP contribution < -0.4 is 5.32 Å². The molecule has 0 aliphatic heterocycles. The second kappa shape index (κ2) is 7.59. The van der Waals surface area contributed by atoms with Crippen molar-refractivity contribution < 1.29 is 14.7 Å². The number of aryl methyl sites for hydroxylation is 1. The van der Waals surface area contributed by atoms with Gasteiger partial charge in [0.25, 0.3) is 0 Å². The summed E-state index contributed by atoms with van der Waals surface area (Å²) in [6.45, 7) is 1.70. The number of carbonyl (C=O) groups excluding carboxylic acids is 1. The molecule has 1 atom stereocenters. The van der Waals surface area contributed by atoms with E-state index in [1.165, 1.54) is 16.3 Å². The zero-order valence-electron chi connectivity index (χ0n) is 12.7. The van der Waals surface area contributed by atoms with Crippen LogP contribution in [0.25, 0.3) is 10.8 Å². The quantitative estimate of drug-likeness (QED) is 0.825. The highest BCUT2D eigenvalue weighted by Crippen LogP contribution is 2.17. The summed E-state index contributed by atoms with van der Waals surface area (Å²) in [7, 11) is 0. The third kappa shape index (κ3) is 4.88. The number of carboxylic acids is 1. The lowest BCUT2D eigenvalue weighted by Crippen LogP contribution is -2.34. The zero-order chi connectivity index (χ0) is 15.9. The van der Waals surface area contributed by atoms with Gasteiger partial charge in [-0.05, 0) is 36.1 Å². The van der Waals surface area contributed by atoms with E-state index in [-0.39, 0.29) is 18.4 Å². The van der Waals surface area contributed by atoms with Crippen LogP contribution in [0.1, 0.15) is 31.7 Å². The lowest BCUT2D eigenvalue weighted by atomic mass is 10.0. The molecule has 2 rings (SSSR count). The number of aliphatic carboxylic acids is 1. The summed E-state index contributed by atoms with van der Waals surface area (Å²) in [5, 5.41) is 13.8. The standard InChI is InChI=1S/C18H21NO3/c1-13(11-18(21)22)19-17(20)8-4-5-14-9-10-15-6-2-3-7-16(15)12-14/h2-3,6-7,9-10,12-13H,4-5,8,11H2,1H3,(H,19,20)(H,21,22). The van der Waals surface area contributed by atoms with Gasteiger partial charge in [0.2, 0.25) is 5.91 Å². The van der Waals surface area contributed by atoms with Gasteiger partial charge in [-0.15, -0.1) is 0 Å². The van der Waals surface area contributed by atoms with Crippen LogP contribution in [0.5, 0.6) is 0 Å². The Morgan fingerprint density at radius 2 is 1.86 bits per heavy atom. The highest BCUT2D eigenvalue weighted by atomic mass is 16.4. The zero-order valence-corrected chi connectivity index (χ0v) is 12.7. The molecule has 0 heterocycles. The highest BCUT2D eigenvalue weighted by Gasteiger charge is 2.10. The monoisotopic (exact) mass is 299 g/mol. The van der Waals surface area contributed by atoms with E-state index in [2.05, 4.69) is 35.6 Å². The van der Waals surface area contributed by atoms with Crippen molar-refractivity contribution in [3.63, 3.8) is 0 Å². The topological polar surface area (TPSA) is 66.4 Å². The van der Waals surface area contributed by atoms with Crippen LogP contribution in [0.15, 0.2) is 42.5 Å². The maximum atomic E-state index is 11.7. The number of amides is 1. The van der Waals surface area contributed by atoms with Gasteiger partial charge in [-0.2, -0.15) is 0 Å². The molecule has 0 saturated heterocycles. The molecule has 1 unspecified atom stereocenters. The number of fused-ring (bicyclic) bond motifs is 1. The number of hydrogen-bond donors (Lipinski definition) is 2. The summed E-state index contributed by atoms with van der Waals surface area (Å²) in [6, 6.07) is 14.2. The molecule has 2 N–H and O–H groups in total. The minimum atomic E-state index is -0.899. The predicted molar refractivity (Wildman–Crippen MR) is 86.7 cm³/mol. The van der Waals surface area contributed by atoms with Gasteiger partial charge in [-0.1, -0.05) is 42.5 Å². The van der Waals surface area contributed by atoms with E-state index < -0.39 is 5.97 Å². The molecule has 1 amide bonds. The largest absolute Gasteiger partial charge is 0.481 e.